The fourth-order valence-corrected chi connectivity index (χ4v) is 2.32. The molecule has 2 N–H and O–H groups in total. The number of aryl methyl sites for hydroxylation is 2. The minimum atomic E-state index is 0.838. The number of hydrogen-bond acceptors (Lipinski definition) is 2. The lowest BCUT2D eigenvalue weighted by atomic mass is 9.98. The zero-order chi connectivity index (χ0) is 12.6. The lowest BCUT2D eigenvalue weighted by Crippen LogP contribution is -1.99. The molecule has 0 radical (unpaired) electrons. The molecule has 90 valence electrons. The lowest BCUT2D eigenvalue weighted by Gasteiger charge is -2.09. The van der Waals surface area contributed by atoms with E-state index in [-0.39, 0.29) is 0 Å². The quantitative estimate of drug-likeness (QED) is 0.804. The number of anilines is 1. The Morgan fingerprint density at radius 3 is 2.53 bits per heavy atom. The minimum absolute atomic E-state index is 0.838. The monoisotopic (exact) mass is 229 g/mol. The van der Waals surface area contributed by atoms with E-state index in [0.29, 0.717) is 0 Å². The summed E-state index contributed by atoms with van der Waals surface area (Å²) in [6.07, 6.45) is 0. The number of nitrogens with two attached hydrogens (primary N) is 1. The van der Waals surface area contributed by atoms with Gasteiger partial charge < -0.3 is 5.73 Å². The van der Waals surface area contributed by atoms with E-state index in [0.717, 1.165) is 23.5 Å². The first kappa shape index (κ1) is 11.7. The van der Waals surface area contributed by atoms with Gasteiger partial charge in [0.15, 0.2) is 0 Å². The van der Waals surface area contributed by atoms with Gasteiger partial charge in [0, 0.05) is 23.5 Å². The first-order valence-electron chi connectivity index (χ1n) is 5.95. The maximum atomic E-state index is 5.97. The van der Waals surface area contributed by atoms with Crippen LogP contribution in [0.1, 0.15) is 23.9 Å². The summed E-state index contributed by atoms with van der Waals surface area (Å²) in [4.78, 5) is 0. The maximum Gasteiger partial charge on any atom is 0.0675 e. The van der Waals surface area contributed by atoms with Gasteiger partial charge in [-0.15, -0.1) is 0 Å². The normalized spacial score (nSPS) is 10.8. The summed E-state index contributed by atoms with van der Waals surface area (Å²) in [5, 5.41) is 4.55. The Kier molecular flexibility index (Phi) is 2.92. The van der Waals surface area contributed by atoms with Crippen molar-refractivity contribution in [2.45, 2.75) is 34.2 Å². The van der Waals surface area contributed by atoms with Crippen LogP contribution in [0.3, 0.4) is 0 Å². The van der Waals surface area contributed by atoms with Crippen molar-refractivity contribution in [2.75, 3.05) is 5.73 Å². The van der Waals surface area contributed by atoms with Gasteiger partial charge in [-0.1, -0.05) is 12.1 Å². The van der Waals surface area contributed by atoms with Crippen molar-refractivity contribution in [2.24, 2.45) is 0 Å². The molecule has 0 spiro atoms. The molecular formula is C14H19N3. The van der Waals surface area contributed by atoms with Gasteiger partial charge in [-0.3, -0.25) is 4.68 Å². The van der Waals surface area contributed by atoms with Gasteiger partial charge in [-0.2, -0.15) is 5.10 Å². The number of hydrogen-bond donors (Lipinski definition) is 1. The Bertz CT molecular complexity index is 553. The molecule has 17 heavy (non-hydrogen) atoms. The summed E-state index contributed by atoms with van der Waals surface area (Å²) in [5.74, 6) is 0. The standard InChI is InChI=1S/C14H19N3/c1-5-17-11(4)14(10(3)16-17)12-7-6-8-13(15)9(12)2/h6-8H,5,15H2,1-4H3. The molecule has 0 saturated carbocycles. The van der Waals surface area contributed by atoms with Crippen LogP contribution in [0, 0.1) is 20.8 Å². The molecule has 2 rings (SSSR count). The fraction of sp³-hybridized carbons (Fsp3) is 0.357. The molecule has 0 bridgehead atoms. The number of rotatable bonds is 2. The van der Waals surface area contributed by atoms with E-state index in [1.54, 1.807) is 0 Å². The van der Waals surface area contributed by atoms with Crippen molar-refractivity contribution in [3.63, 3.8) is 0 Å². The summed E-state index contributed by atoms with van der Waals surface area (Å²) >= 11 is 0. The predicted octanol–water partition coefficient (Wildman–Crippen LogP) is 3.08. The van der Waals surface area contributed by atoms with Crippen LogP contribution in [0.5, 0.6) is 0 Å². The largest absolute Gasteiger partial charge is 0.398 e. The van der Waals surface area contributed by atoms with E-state index in [1.807, 2.05) is 16.8 Å². The average Bonchev–Trinajstić information content (AvgIpc) is 2.58. The first-order valence-corrected chi connectivity index (χ1v) is 5.95. The second-order valence-corrected chi connectivity index (χ2v) is 4.38. The van der Waals surface area contributed by atoms with Crippen molar-refractivity contribution in [3.8, 4) is 11.1 Å². The molecule has 0 aliphatic carbocycles. The lowest BCUT2D eigenvalue weighted by molar-refractivity contribution is 0.634. The molecule has 0 aliphatic rings. The fourth-order valence-electron chi connectivity index (χ4n) is 2.32. The molecule has 0 saturated heterocycles. The highest BCUT2D eigenvalue weighted by Crippen LogP contribution is 2.31. The van der Waals surface area contributed by atoms with Crippen LogP contribution in [-0.4, -0.2) is 9.78 Å². The molecule has 3 nitrogen and oxygen atoms in total. The molecule has 2 aromatic rings. The zero-order valence-electron chi connectivity index (χ0n) is 10.9. The molecule has 1 aromatic carbocycles. The van der Waals surface area contributed by atoms with Crippen LogP contribution >= 0.6 is 0 Å². The summed E-state index contributed by atoms with van der Waals surface area (Å²) < 4.78 is 2.04. The third kappa shape index (κ3) is 1.82. The third-order valence-corrected chi connectivity index (χ3v) is 3.33. The van der Waals surface area contributed by atoms with E-state index in [2.05, 4.69) is 38.9 Å². The molecule has 0 fully saturated rings. The second kappa shape index (κ2) is 4.24. The van der Waals surface area contributed by atoms with Crippen LogP contribution in [0.15, 0.2) is 18.2 Å². The predicted molar refractivity (Wildman–Crippen MR) is 72.0 cm³/mol. The Hall–Kier alpha value is -1.77. The highest BCUT2D eigenvalue weighted by atomic mass is 15.3. The van der Waals surface area contributed by atoms with E-state index in [4.69, 9.17) is 5.73 Å². The highest BCUT2D eigenvalue weighted by Gasteiger charge is 2.14. The van der Waals surface area contributed by atoms with Crippen molar-refractivity contribution in [1.82, 2.24) is 9.78 Å². The Morgan fingerprint density at radius 1 is 1.24 bits per heavy atom. The minimum Gasteiger partial charge on any atom is -0.398 e. The Balaban J connectivity index is 2.68. The maximum absolute atomic E-state index is 5.97. The zero-order valence-corrected chi connectivity index (χ0v) is 10.9. The van der Waals surface area contributed by atoms with Gasteiger partial charge >= 0.3 is 0 Å². The molecule has 1 aromatic heterocycles. The van der Waals surface area contributed by atoms with Crippen LogP contribution in [-0.2, 0) is 6.54 Å². The molecule has 0 aliphatic heterocycles. The van der Waals surface area contributed by atoms with Crippen LogP contribution in [0.2, 0.25) is 0 Å². The van der Waals surface area contributed by atoms with Crippen LogP contribution in [0.25, 0.3) is 11.1 Å². The third-order valence-electron chi connectivity index (χ3n) is 3.33. The summed E-state index contributed by atoms with van der Waals surface area (Å²) in [6.45, 7) is 9.23. The topological polar surface area (TPSA) is 43.8 Å². The van der Waals surface area contributed by atoms with E-state index >= 15 is 0 Å². The van der Waals surface area contributed by atoms with Crippen molar-refractivity contribution in [1.29, 1.82) is 0 Å². The Labute approximate surface area is 102 Å². The average molecular weight is 229 g/mol. The summed E-state index contributed by atoms with van der Waals surface area (Å²) in [7, 11) is 0. The SMILES string of the molecule is CCn1nc(C)c(-c2cccc(N)c2C)c1C. The molecule has 0 unspecified atom stereocenters. The van der Waals surface area contributed by atoms with E-state index in [9.17, 15) is 0 Å². The van der Waals surface area contributed by atoms with Gasteiger partial charge in [0.1, 0.15) is 0 Å². The van der Waals surface area contributed by atoms with Gasteiger partial charge in [0.2, 0.25) is 0 Å². The molecule has 0 amide bonds. The second-order valence-electron chi connectivity index (χ2n) is 4.38. The van der Waals surface area contributed by atoms with Crippen molar-refractivity contribution < 1.29 is 0 Å². The smallest absolute Gasteiger partial charge is 0.0675 e. The first-order chi connectivity index (χ1) is 8.06. The number of nitrogen functional groups attached to an aromatic ring is 1. The number of nitrogens with zero attached hydrogens (tertiary/aromatic N) is 2. The van der Waals surface area contributed by atoms with Crippen LogP contribution in [0.4, 0.5) is 5.69 Å². The van der Waals surface area contributed by atoms with E-state index < -0.39 is 0 Å². The van der Waals surface area contributed by atoms with Crippen LogP contribution < -0.4 is 5.73 Å². The van der Waals surface area contributed by atoms with Crippen molar-refractivity contribution >= 4 is 5.69 Å². The molecular weight excluding hydrogens is 210 g/mol. The molecule has 0 atom stereocenters. The summed E-state index contributed by atoms with van der Waals surface area (Å²) in [6, 6.07) is 6.05. The number of benzene rings is 1. The molecule has 3 heteroatoms. The highest BCUT2D eigenvalue weighted by molar-refractivity contribution is 5.75. The van der Waals surface area contributed by atoms with E-state index in [1.165, 1.54) is 16.8 Å². The van der Waals surface area contributed by atoms with Crippen molar-refractivity contribution in [3.05, 3.63) is 35.2 Å². The van der Waals surface area contributed by atoms with Gasteiger partial charge in [0.05, 0.1) is 5.69 Å². The van der Waals surface area contributed by atoms with Gasteiger partial charge in [0.25, 0.3) is 0 Å². The molecule has 1 heterocycles. The Morgan fingerprint density at radius 2 is 1.94 bits per heavy atom. The van der Waals surface area contributed by atoms with Gasteiger partial charge in [-0.05, 0) is 44.9 Å². The number of aromatic nitrogens is 2. The van der Waals surface area contributed by atoms with Gasteiger partial charge in [-0.25, -0.2) is 0 Å². The summed E-state index contributed by atoms with van der Waals surface area (Å²) in [5.41, 5.74) is 12.6.